The fraction of sp³-hybridized carbons (Fsp3) is 0.643. The molecule has 0 saturated carbocycles. The fourth-order valence-electron chi connectivity index (χ4n) is 2.09. The Morgan fingerprint density at radius 2 is 2.09 bits per heavy atom. The van der Waals surface area contributed by atoms with Gasteiger partial charge in [0.15, 0.2) is 6.23 Å². The van der Waals surface area contributed by atoms with Crippen LogP contribution in [0.1, 0.15) is 27.0 Å². The number of carbonyl (C=O) groups is 1. The summed E-state index contributed by atoms with van der Waals surface area (Å²) in [7, 11) is 0. The molecule has 9 nitrogen and oxygen atoms in total. The van der Waals surface area contributed by atoms with Gasteiger partial charge in [-0.2, -0.15) is 4.98 Å². The van der Waals surface area contributed by atoms with E-state index in [4.69, 9.17) is 15.2 Å². The van der Waals surface area contributed by atoms with E-state index in [1.54, 1.807) is 20.8 Å². The van der Waals surface area contributed by atoms with Crippen molar-refractivity contribution < 1.29 is 24.5 Å². The number of nitrogens with two attached hydrogens (primary N) is 1. The van der Waals surface area contributed by atoms with Crippen molar-refractivity contribution in [1.29, 1.82) is 0 Å². The highest BCUT2D eigenvalue weighted by molar-refractivity contribution is 5.75. The molecule has 0 spiro atoms. The zero-order valence-corrected chi connectivity index (χ0v) is 13.2. The molecule has 2 heterocycles. The van der Waals surface area contributed by atoms with Gasteiger partial charge in [-0.25, -0.2) is 4.79 Å². The first-order valence-electron chi connectivity index (χ1n) is 7.14. The van der Waals surface area contributed by atoms with E-state index in [2.05, 4.69) is 4.98 Å². The van der Waals surface area contributed by atoms with E-state index in [9.17, 15) is 19.8 Å². The Morgan fingerprint density at radius 3 is 2.65 bits per heavy atom. The van der Waals surface area contributed by atoms with Crippen molar-refractivity contribution in [2.45, 2.75) is 45.3 Å². The quantitative estimate of drug-likeness (QED) is 0.603. The Bertz CT molecular complexity index is 638. The normalized spacial score (nSPS) is 27.9. The highest BCUT2D eigenvalue weighted by Crippen LogP contribution is 2.29. The third-order valence-corrected chi connectivity index (χ3v) is 3.45. The minimum Gasteiger partial charge on any atom is -0.462 e. The van der Waals surface area contributed by atoms with Gasteiger partial charge < -0.3 is 25.4 Å². The van der Waals surface area contributed by atoms with Crippen LogP contribution >= 0.6 is 0 Å². The molecule has 0 amide bonds. The number of anilines is 1. The van der Waals surface area contributed by atoms with Crippen molar-refractivity contribution >= 4 is 11.8 Å². The first-order chi connectivity index (χ1) is 10.6. The van der Waals surface area contributed by atoms with Crippen molar-refractivity contribution in [3.05, 3.63) is 22.7 Å². The van der Waals surface area contributed by atoms with E-state index in [1.165, 1.54) is 12.3 Å². The molecule has 23 heavy (non-hydrogen) atoms. The molecule has 0 aliphatic carbocycles. The average Bonchev–Trinajstić information content (AvgIpc) is 2.72. The molecule has 0 radical (unpaired) electrons. The number of ether oxygens (including phenoxy) is 2. The standard InChI is InChI=1S/C14H21N3O6/c1-14(2,3)12(20)22-6-7-9(18)10(19)11(23-7)17-5-4-8(15)16-13(17)21/h4-5,7,9-11,18-19H,6H2,1-3H3,(H2,15,16,21)/t7-,9-,10-,11-/m0/s1. The second kappa shape index (κ2) is 6.26. The van der Waals surface area contributed by atoms with E-state index in [-0.39, 0.29) is 12.4 Å². The minimum atomic E-state index is -1.36. The van der Waals surface area contributed by atoms with Crippen LogP contribution < -0.4 is 11.4 Å². The zero-order chi connectivity index (χ0) is 17.4. The van der Waals surface area contributed by atoms with Crippen LogP contribution in [-0.4, -0.2) is 50.7 Å². The van der Waals surface area contributed by atoms with Gasteiger partial charge in [-0.1, -0.05) is 0 Å². The Kier molecular flexibility index (Phi) is 4.73. The molecule has 1 aliphatic heterocycles. The molecule has 1 saturated heterocycles. The van der Waals surface area contributed by atoms with Crippen LogP contribution in [0.4, 0.5) is 5.82 Å². The van der Waals surface area contributed by atoms with Crippen LogP contribution in [0.3, 0.4) is 0 Å². The summed E-state index contributed by atoms with van der Waals surface area (Å²) in [6.45, 7) is 4.84. The zero-order valence-electron chi connectivity index (χ0n) is 13.2. The average molecular weight is 327 g/mol. The summed E-state index contributed by atoms with van der Waals surface area (Å²) in [6.07, 6.45) is -3.45. The van der Waals surface area contributed by atoms with Crippen molar-refractivity contribution in [3.63, 3.8) is 0 Å². The summed E-state index contributed by atoms with van der Waals surface area (Å²) in [4.78, 5) is 27.1. The molecule has 2 rings (SSSR count). The number of aliphatic hydroxyl groups is 2. The predicted octanol–water partition coefficient (Wildman–Crippen LogP) is -0.966. The second-order valence-electron chi connectivity index (χ2n) is 6.44. The Morgan fingerprint density at radius 1 is 1.43 bits per heavy atom. The second-order valence-corrected chi connectivity index (χ2v) is 6.44. The Balaban J connectivity index is 2.09. The van der Waals surface area contributed by atoms with Gasteiger partial charge in [0.05, 0.1) is 5.41 Å². The summed E-state index contributed by atoms with van der Waals surface area (Å²) >= 11 is 0. The monoisotopic (exact) mass is 327 g/mol. The molecular weight excluding hydrogens is 306 g/mol. The maximum absolute atomic E-state index is 11.8. The maximum atomic E-state index is 11.8. The van der Waals surface area contributed by atoms with E-state index < -0.39 is 41.6 Å². The van der Waals surface area contributed by atoms with Crippen LogP contribution in [-0.2, 0) is 14.3 Å². The molecule has 4 atom stereocenters. The summed E-state index contributed by atoms with van der Waals surface area (Å²) < 4.78 is 11.6. The summed E-state index contributed by atoms with van der Waals surface area (Å²) in [5.41, 5.74) is 3.99. The number of nitrogens with zero attached hydrogens (tertiary/aromatic N) is 2. The lowest BCUT2D eigenvalue weighted by Crippen LogP contribution is -2.37. The lowest BCUT2D eigenvalue weighted by Gasteiger charge is -2.20. The summed E-state index contributed by atoms with van der Waals surface area (Å²) in [5, 5.41) is 20.1. The van der Waals surface area contributed by atoms with Crippen LogP contribution in [0.15, 0.2) is 17.1 Å². The van der Waals surface area contributed by atoms with E-state index in [0.29, 0.717) is 0 Å². The number of aliphatic hydroxyl groups excluding tert-OH is 2. The third-order valence-electron chi connectivity index (χ3n) is 3.45. The molecule has 1 aromatic rings. The van der Waals surface area contributed by atoms with Crippen LogP contribution in [0.25, 0.3) is 0 Å². The smallest absolute Gasteiger partial charge is 0.351 e. The number of aromatic nitrogens is 2. The van der Waals surface area contributed by atoms with Gasteiger partial charge in [-0.15, -0.1) is 0 Å². The lowest BCUT2D eigenvalue weighted by atomic mass is 9.97. The molecule has 0 unspecified atom stereocenters. The van der Waals surface area contributed by atoms with Crippen molar-refractivity contribution in [2.24, 2.45) is 5.41 Å². The van der Waals surface area contributed by atoms with Crippen molar-refractivity contribution in [3.8, 4) is 0 Å². The molecule has 1 aromatic heterocycles. The van der Waals surface area contributed by atoms with Gasteiger partial charge in [-0.05, 0) is 26.8 Å². The molecule has 0 bridgehead atoms. The van der Waals surface area contributed by atoms with Crippen LogP contribution in [0.2, 0.25) is 0 Å². The van der Waals surface area contributed by atoms with Gasteiger partial charge in [0.2, 0.25) is 0 Å². The number of rotatable bonds is 3. The van der Waals surface area contributed by atoms with Crippen molar-refractivity contribution in [1.82, 2.24) is 9.55 Å². The number of hydrogen-bond donors (Lipinski definition) is 3. The summed E-state index contributed by atoms with van der Waals surface area (Å²) in [6, 6.07) is 1.37. The Labute approximate surface area is 132 Å². The van der Waals surface area contributed by atoms with Gasteiger partial charge in [0, 0.05) is 6.20 Å². The summed E-state index contributed by atoms with van der Waals surface area (Å²) in [5.74, 6) is -0.424. The molecule has 1 fully saturated rings. The number of esters is 1. The number of carbonyl (C=O) groups excluding carboxylic acids is 1. The Hall–Kier alpha value is -1.97. The van der Waals surface area contributed by atoms with E-state index in [1.807, 2.05) is 0 Å². The number of hydrogen-bond acceptors (Lipinski definition) is 8. The number of nitrogen functional groups attached to an aromatic ring is 1. The minimum absolute atomic E-state index is 0.0370. The fourth-order valence-corrected chi connectivity index (χ4v) is 2.09. The molecule has 9 heteroatoms. The lowest BCUT2D eigenvalue weighted by molar-refractivity contribution is -0.159. The molecule has 128 valence electrons. The topological polar surface area (TPSA) is 137 Å². The van der Waals surface area contributed by atoms with E-state index >= 15 is 0 Å². The third kappa shape index (κ3) is 3.69. The van der Waals surface area contributed by atoms with Crippen molar-refractivity contribution in [2.75, 3.05) is 12.3 Å². The van der Waals surface area contributed by atoms with Gasteiger partial charge >= 0.3 is 11.7 Å². The molecule has 4 N–H and O–H groups in total. The first-order valence-corrected chi connectivity index (χ1v) is 7.14. The first kappa shape index (κ1) is 17.4. The van der Waals surface area contributed by atoms with Gasteiger partial charge in [0.1, 0.15) is 30.7 Å². The maximum Gasteiger partial charge on any atom is 0.351 e. The highest BCUT2D eigenvalue weighted by Gasteiger charge is 2.45. The van der Waals surface area contributed by atoms with Gasteiger partial charge in [0.25, 0.3) is 0 Å². The predicted molar refractivity (Wildman–Crippen MR) is 79.2 cm³/mol. The van der Waals surface area contributed by atoms with Gasteiger partial charge in [-0.3, -0.25) is 9.36 Å². The van der Waals surface area contributed by atoms with Crippen LogP contribution in [0, 0.1) is 5.41 Å². The molecule has 0 aromatic carbocycles. The molecular formula is C14H21N3O6. The van der Waals surface area contributed by atoms with Crippen LogP contribution in [0.5, 0.6) is 0 Å². The molecule has 1 aliphatic rings. The SMILES string of the molecule is CC(C)(C)C(=O)OC[C@@H]1O[C@H](n2ccc(N)nc2=O)[C@@H](O)[C@H]1O. The highest BCUT2D eigenvalue weighted by atomic mass is 16.6. The van der Waals surface area contributed by atoms with E-state index in [0.717, 1.165) is 4.57 Å². The largest absolute Gasteiger partial charge is 0.462 e.